The fourth-order valence-corrected chi connectivity index (χ4v) is 2.69. The molecule has 0 bridgehead atoms. The minimum Gasteiger partial charge on any atom is -0.465 e. The van der Waals surface area contributed by atoms with Gasteiger partial charge in [-0.2, -0.15) is 11.8 Å². The van der Waals surface area contributed by atoms with E-state index in [0.717, 1.165) is 18.7 Å². The van der Waals surface area contributed by atoms with Gasteiger partial charge in [0.15, 0.2) is 0 Å². The van der Waals surface area contributed by atoms with E-state index in [-0.39, 0.29) is 5.97 Å². The van der Waals surface area contributed by atoms with Crippen molar-refractivity contribution in [2.45, 2.75) is 58.2 Å². The minimum atomic E-state index is -0.536. The van der Waals surface area contributed by atoms with Crippen LogP contribution in [0.5, 0.6) is 0 Å². The number of carbonyl (C=O) groups excluding carboxylic acids is 1. The quantitative estimate of drug-likeness (QED) is 0.648. The fourth-order valence-electron chi connectivity index (χ4n) is 1.53. The van der Waals surface area contributed by atoms with Gasteiger partial charge in [-0.15, -0.1) is 0 Å². The third kappa shape index (κ3) is 6.32. The van der Waals surface area contributed by atoms with Crippen LogP contribution in [0.1, 0.15) is 47.5 Å². The Labute approximate surface area is 110 Å². The van der Waals surface area contributed by atoms with Gasteiger partial charge >= 0.3 is 5.97 Å². The zero-order chi connectivity index (χ0) is 13.3. The number of thioether (sulfide) groups is 1. The van der Waals surface area contributed by atoms with E-state index in [2.05, 4.69) is 19.2 Å². The van der Waals surface area contributed by atoms with E-state index in [1.54, 1.807) is 0 Å². The van der Waals surface area contributed by atoms with Crippen molar-refractivity contribution in [2.24, 2.45) is 0 Å². The van der Waals surface area contributed by atoms with Gasteiger partial charge in [-0.05, 0) is 39.0 Å². The molecule has 0 radical (unpaired) electrons. The molecule has 0 amide bonds. The third-order valence-electron chi connectivity index (χ3n) is 2.87. The van der Waals surface area contributed by atoms with Crippen LogP contribution in [-0.2, 0) is 9.53 Å². The summed E-state index contributed by atoms with van der Waals surface area (Å²) >= 11 is 1.92. The van der Waals surface area contributed by atoms with E-state index in [1.165, 1.54) is 6.42 Å². The van der Waals surface area contributed by atoms with Crippen molar-refractivity contribution >= 4 is 17.7 Å². The third-order valence-corrected chi connectivity index (χ3v) is 4.21. The van der Waals surface area contributed by atoms with E-state index in [1.807, 2.05) is 32.5 Å². The molecule has 2 atom stereocenters. The summed E-state index contributed by atoms with van der Waals surface area (Å²) in [6, 6.07) is 0. The van der Waals surface area contributed by atoms with Gasteiger partial charge in [0.2, 0.25) is 0 Å². The highest BCUT2D eigenvalue weighted by molar-refractivity contribution is 7.99. The van der Waals surface area contributed by atoms with Gasteiger partial charge in [0.1, 0.15) is 5.54 Å². The molecule has 0 saturated carbocycles. The first-order valence-corrected chi connectivity index (χ1v) is 7.58. The molecule has 0 aromatic rings. The zero-order valence-corrected chi connectivity index (χ0v) is 12.7. The standard InChI is InChI=1S/C13H27NO2S/c1-6-11(4)17-10-9-13(5,14-7-2)12(15)16-8-3/h11,14H,6-10H2,1-5H3. The molecule has 17 heavy (non-hydrogen) atoms. The molecule has 0 aliphatic rings. The molecule has 0 aliphatic carbocycles. The second-order valence-electron chi connectivity index (χ2n) is 4.42. The number of rotatable bonds is 9. The molecule has 0 aromatic carbocycles. The van der Waals surface area contributed by atoms with Gasteiger partial charge in [0.25, 0.3) is 0 Å². The SMILES string of the molecule is CCNC(C)(CCSC(C)CC)C(=O)OCC. The summed E-state index contributed by atoms with van der Waals surface area (Å²) in [6.45, 7) is 11.4. The first-order chi connectivity index (χ1) is 8.00. The number of nitrogens with one attached hydrogen (secondary N) is 1. The van der Waals surface area contributed by atoms with E-state index in [0.29, 0.717) is 11.9 Å². The highest BCUT2D eigenvalue weighted by Gasteiger charge is 2.33. The predicted molar refractivity (Wildman–Crippen MR) is 75.5 cm³/mol. The molecule has 2 unspecified atom stereocenters. The largest absolute Gasteiger partial charge is 0.465 e. The number of hydrogen-bond donors (Lipinski definition) is 1. The summed E-state index contributed by atoms with van der Waals surface area (Å²) < 4.78 is 5.13. The van der Waals surface area contributed by atoms with Crippen LogP contribution in [0.15, 0.2) is 0 Å². The van der Waals surface area contributed by atoms with Gasteiger partial charge < -0.3 is 10.1 Å². The first-order valence-electron chi connectivity index (χ1n) is 6.54. The van der Waals surface area contributed by atoms with E-state index in [4.69, 9.17) is 4.74 Å². The van der Waals surface area contributed by atoms with Crippen LogP contribution in [0, 0.1) is 0 Å². The molecule has 0 fully saturated rings. The van der Waals surface area contributed by atoms with Crippen molar-refractivity contribution in [3.8, 4) is 0 Å². The van der Waals surface area contributed by atoms with Crippen LogP contribution in [0.2, 0.25) is 0 Å². The van der Waals surface area contributed by atoms with Crippen molar-refractivity contribution < 1.29 is 9.53 Å². The summed E-state index contributed by atoms with van der Waals surface area (Å²) in [4.78, 5) is 11.9. The monoisotopic (exact) mass is 261 g/mol. The molecule has 0 spiro atoms. The van der Waals surface area contributed by atoms with Gasteiger partial charge in [0.05, 0.1) is 6.61 Å². The highest BCUT2D eigenvalue weighted by atomic mass is 32.2. The molecular weight excluding hydrogens is 234 g/mol. The minimum absolute atomic E-state index is 0.133. The average molecular weight is 261 g/mol. The summed E-state index contributed by atoms with van der Waals surface area (Å²) in [5.74, 6) is 0.851. The van der Waals surface area contributed by atoms with Crippen LogP contribution in [0.3, 0.4) is 0 Å². The molecule has 0 rings (SSSR count). The molecule has 1 N–H and O–H groups in total. The normalized spacial score (nSPS) is 16.3. The Balaban J connectivity index is 4.25. The van der Waals surface area contributed by atoms with E-state index >= 15 is 0 Å². The number of hydrogen-bond acceptors (Lipinski definition) is 4. The van der Waals surface area contributed by atoms with Crippen molar-refractivity contribution in [3.05, 3.63) is 0 Å². The lowest BCUT2D eigenvalue weighted by molar-refractivity contribution is -0.150. The van der Waals surface area contributed by atoms with Crippen LogP contribution in [0.4, 0.5) is 0 Å². The topological polar surface area (TPSA) is 38.3 Å². The lowest BCUT2D eigenvalue weighted by Gasteiger charge is -2.28. The second kappa shape index (κ2) is 8.81. The number of carbonyl (C=O) groups is 1. The fraction of sp³-hybridized carbons (Fsp3) is 0.923. The maximum absolute atomic E-state index is 11.9. The first kappa shape index (κ1) is 16.8. The molecule has 0 aliphatic heterocycles. The lowest BCUT2D eigenvalue weighted by atomic mass is 9.99. The van der Waals surface area contributed by atoms with Crippen molar-refractivity contribution in [3.63, 3.8) is 0 Å². The molecule has 102 valence electrons. The second-order valence-corrected chi connectivity index (χ2v) is 5.97. The Morgan fingerprint density at radius 1 is 1.41 bits per heavy atom. The van der Waals surface area contributed by atoms with Crippen LogP contribution < -0.4 is 5.32 Å². The highest BCUT2D eigenvalue weighted by Crippen LogP contribution is 2.20. The molecule has 3 nitrogen and oxygen atoms in total. The van der Waals surface area contributed by atoms with Crippen LogP contribution in [0.25, 0.3) is 0 Å². The Hall–Kier alpha value is -0.220. The maximum atomic E-state index is 11.9. The molecule has 0 aromatic heterocycles. The zero-order valence-electron chi connectivity index (χ0n) is 11.8. The van der Waals surface area contributed by atoms with Crippen molar-refractivity contribution in [2.75, 3.05) is 18.9 Å². The molecule has 0 saturated heterocycles. The number of likely N-dealkylation sites (N-methyl/N-ethyl adjacent to an activating group) is 1. The summed E-state index contributed by atoms with van der Waals surface area (Å²) in [7, 11) is 0. The Bertz CT molecular complexity index is 223. The maximum Gasteiger partial charge on any atom is 0.326 e. The molecular formula is C13H27NO2S. The van der Waals surface area contributed by atoms with Crippen LogP contribution >= 0.6 is 11.8 Å². The summed E-state index contributed by atoms with van der Waals surface area (Å²) in [6.07, 6.45) is 1.98. The number of ether oxygens (including phenoxy) is 1. The molecule has 4 heteroatoms. The van der Waals surface area contributed by atoms with Gasteiger partial charge in [0, 0.05) is 5.25 Å². The van der Waals surface area contributed by atoms with Crippen LogP contribution in [-0.4, -0.2) is 35.7 Å². The summed E-state index contributed by atoms with van der Waals surface area (Å²) in [5, 5.41) is 3.90. The van der Waals surface area contributed by atoms with E-state index < -0.39 is 5.54 Å². The average Bonchev–Trinajstić information content (AvgIpc) is 2.29. The smallest absolute Gasteiger partial charge is 0.326 e. The predicted octanol–water partition coefficient (Wildman–Crippen LogP) is 2.84. The van der Waals surface area contributed by atoms with Gasteiger partial charge in [-0.3, -0.25) is 4.79 Å². The Kier molecular flexibility index (Phi) is 8.70. The molecule has 0 heterocycles. The van der Waals surface area contributed by atoms with Crippen molar-refractivity contribution in [1.29, 1.82) is 0 Å². The van der Waals surface area contributed by atoms with Gasteiger partial charge in [-0.1, -0.05) is 20.8 Å². The number of esters is 1. The Morgan fingerprint density at radius 3 is 2.53 bits per heavy atom. The van der Waals surface area contributed by atoms with Crippen molar-refractivity contribution in [1.82, 2.24) is 5.32 Å². The van der Waals surface area contributed by atoms with E-state index in [9.17, 15) is 4.79 Å². The summed E-state index contributed by atoms with van der Waals surface area (Å²) in [5.41, 5.74) is -0.536. The lowest BCUT2D eigenvalue weighted by Crippen LogP contribution is -2.50. The Morgan fingerprint density at radius 2 is 2.06 bits per heavy atom. The van der Waals surface area contributed by atoms with Gasteiger partial charge in [-0.25, -0.2) is 0 Å².